The van der Waals surface area contributed by atoms with Crippen molar-refractivity contribution in [2.45, 2.75) is 37.7 Å². The van der Waals surface area contributed by atoms with Crippen LogP contribution in [-0.2, 0) is 4.74 Å². The maximum absolute atomic E-state index is 12.7. The van der Waals surface area contributed by atoms with Gasteiger partial charge in [0.25, 0.3) is 11.5 Å². The molecular formula is C14H19F2N3O3. The molecule has 1 aliphatic carbocycles. The molecule has 0 bridgehead atoms. The third kappa shape index (κ3) is 3.88. The van der Waals surface area contributed by atoms with Crippen molar-refractivity contribution in [3.63, 3.8) is 0 Å². The number of nitrogens with zero attached hydrogens (tertiary/aromatic N) is 1. The lowest BCUT2D eigenvalue weighted by Gasteiger charge is -2.39. The predicted molar refractivity (Wildman–Crippen MR) is 74.9 cm³/mol. The van der Waals surface area contributed by atoms with E-state index in [1.165, 1.54) is 7.11 Å². The molecule has 0 aliphatic heterocycles. The number of alkyl halides is 2. The SMILES string of the molecule is COC1(CNC(=O)c2cc(=O)[nH]cn2)CCC(C(F)F)CC1. The van der Waals surface area contributed by atoms with Crippen LogP contribution >= 0.6 is 0 Å². The van der Waals surface area contributed by atoms with Crippen molar-refractivity contribution in [3.05, 3.63) is 28.4 Å². The molecule has 1 aromatic rings. The maximum Gasteiger partial charge on any atom is 0.270 e. The fourth-order valence-corrected chi connectivity index (χ4v) is 2.70. The molecule has 0 spiro atoms. The third-order valence-electron chi connectivity index (χ3n) is 4.21. The average molecular weight is 315 g/mol. The minimum Gasteiger partial charge on any atom is -0.376 e. The van der Waals surface area contributed by atoms with E-state index in [1.807, 2.05) is 0 Å². The number of halogens is 2. The molecule has 2 N–H and O–H groups in total. The first-order valence-corrected chi connectivity index (χ1v) is 7.12. The Hall–Kier alpha value is -1.83. The van der Waals surface area contributed by atoms with Crippen LogP contribution in [0.5, 0.6) is 0 Å². The fraction of sp³-hybridized carbons (Fsp3) is 0.643. The highest BCUT2D eigenvalue weighted by molar-refractivity contribution is 5.92. The Kier molecular flexibility index (Phi) is 5.23. The van der Waals surface area contributed by atoms with Crippen molar-refractivity contribution in [1.29, 1.82) is 0 Å². The number of hydrogen-bond donors (Lipinski definition) is 2. The summed E-state index contributed by atoms with van der Waals surface area (Å²) in [5.74, 6) is -1.09. The number of aromatic nitrogens is 2. The molecule has 0 saturated heterocycles. The monoisotopic (exact) mass is 315 g/mol. The quantitative estimate of drug-likeness (QED) is 0.859. The van der Waals surface area contributed by atoms with Gasteiger partial charge in [-0.3, -0.25) is 9.59 Å². The Balaban J connectivity index is 1.94. The van der Waals surface area contributed by atoms with E-state index in [0.717, 1.165) is 12.4 Å². The number of H-pyrrole nitrogens is 1. The van der Waals surface area contributed by atoms with Gasteiger partial charge >= 0.3 is 0 Å². The molecule has 1 saturated carbocycles. The highest BCUT2D eigenvalue weighted by atomic mass is 19.3. The topological polar surface area (TPSA) is 84.1 Å². The first kappa shape index (κ1) is 16.5. The Labute approximate surface area is 126 Å². The second-order valence-corrected chi connectivity index (χ2v) is 5.54. The Morgan fingerprint density at radius 2 is 2.23 bits per heavy atom. The normalized spacial score (nSPS) is 25.2. The van der Waals surface area contributed by atoms with Crippen LogP contribution in [0.25, 0.3) is 0 Å². The third-order valence-corrected chi connectivity index (χ3v) is 4.21. The van der Waals surface area contributed by atoms with Gasteiger partial charge in [0.15, 0.2) is 0 Å². The summed E-state index contributed by atoms with van der Waals surface area (Å²) in [6.45, 7) is 0.201. The number of carbonyl (C=O) groups is 1. The summed E-state index contributed by atoms with van der Waals surface area (Å²) >= 11 is 0. The first-order valence-electron chi connectivity index (χ1n) is 7.12. The summed E-state index contributed by atoms with van der Waals surface area (Å²) < 4.78 is 30.9. The Morgan fingerprint density at radius 1 is 1.55 bits per heavy atom. The van der Waals surface area contributed by atoms with Crippen LogP contribution in [0, 0.1) is 5.92 Å². The minimum atomic E-state index is -2.32. The van der Waals surface area contributed by atoms with E-state index in [4.69, 9.17) is 4.74 Å². The van der Waals surface area contributed by atoms with Crippen LogP contribution in [0.2, 0.25) is 0 Å². The molecule has 6 nitrogen and oxygen atoms in total. The van der Waals surface area contributed by atoms with Crippen molar-refractivity contribution in [1.82, 2.24) is 15.3 Å². The number of carbonyl (C=O) groups excluding carboxylic acids is 1. The van der Waals surface area contributed by atoms with Gasteiger partial charge in [-0.2, -0.15) is 0 Å². The number of aromatic amines is 1. The first-order chi connectivity index (χ1) is 10.5. The van der Waals surface area contributed by atoms with Gasteiger partial charge in [-0.1, -0.05) is 0 Å². The molecule has 0 aromatic carbocycles. The number of hydrogen-bond acceptors (Lipinski definition) is 4. The highest BCUT2D eigenvalue weighted by Crippen LogP contribution is 2.36. The maximum atomic E-state index is 12.7. The van der Waals surface area contributed by atoms with Gasteiger partial charge in [-0.15, -0.1) is 0 Å². The number of nitrogens with one attached hydrogen (secondary N) is 2. The molecule has 0 radical (unpaired) electrons. The van der Waals surface area contributed by atoms with Crippen molar-refractivity contribution >= 4 is 5.91 Å². The van der Waals surface area contributed by atoms with E-state index >= 15 is 0 Å². The highest BCUT2D eigenvalue weighted by Gasteiger charge is 2.38. The van der Waals surface area contributed by atoms with Crippen molar-refractivity contribution < 1.29 is 18.3 Å². The van der Waals surface area contributed by atoms with Crippen molar-refractivity contribution in [3.8, 4) is 0 Å². The van der Waals surface area contributed by atoms with Crippen LogP contribution in [-0.4, -0.2) is 41.6 Å². The zero-order valence-corrected chi connectivity index (χ0v) is 12.3. The fourth-order valence-electron chi connectivity index (χ4n) is 2.70. The zero-order valence-electron chi connectivity index (χ0n) is 12.3. The van der Waals surface area contributed by atoms with E-state index in [-0.39, 0.29) is 12.2 Å². The van der Waals surface area contributed by atoms with Crippen LogP contribution in [0.3, 0.4) is 0 Å². The van der Waals surface area contributed by atoms with E-state index in [1.54, 1.807) is 0 Å². The largest absolute Gasteiger partial charge is 0.376 e. The summed E-state index contributed by atoms with van der Waals surface area (Å²) in [6, 6.07) is 1.10. The number of ether oxygens (including phenoxy) is 1. The minimum absolute atomic E-state index is 0.0104. The summed E-state index contributed by atoms with van der Waals surface area (Å²) in [5, 5.41) is 2.66. The van der Waals surface area contributed by atoms with Crippen LogP contribution in [0.15, 0.2) is 17.2 Å². The Morgan fingerprint density at radius 3 is 2.77 bits per heavy atom. The average Bonchev–Trinajstić information content (AvgIpc) is 2.53. The number of methoxy groups -OCH3 is 1. The van der Waals surface area contributed by atoms with Gasteiger partial charge in [0, 0.05) is 25.6 Å². The summed E-state index contributed by atoms with van der Waals surface area (Å²) in [6.07, 6.45) is 0.486. The van der Waals surface area contributed by atoms with Gasteiger partial charge in [-0.25, -0.2) is 13.8 Å². The summed E-state index contributed by atoms with van der Waals surface area (Å²) in [4.78, 5) is 29.2. The second kappa shape index (κ2) is 6.95. The lowest BCUT2D eigenvalue weighted by atomic mass is 9.78. The lowest BCUT2D eigenvalue weighted by molar-refractivity contribution is -0.0654. The van der Waals surface area contributed by atoms with E-state index in [2.05, 4.69) is 15.3 Å². The number of amides is 1. The molecule has 8 heteroatoms. The zero-order chi connectivity index (χ0) is 16.2. The van der Waals surface area contributed by atoms with E-state index in [0.29, 0.717) is 25.7 Å². The summed E-state index contributed by atoms with van der Waals surface area (Å²) in [7, 11) is 1.51. The van der Waals surface area contributed by atoms with Gasteiger partial charge in [-0.05, 0) is 25.7 Å². The number of rotatable bonds is 5. The molecule has 2 rings (SSSR count). The van der Waals surface area contributed by atoms with Crippen LogP contribution in [0.4, 0.5) is 8.78 Å². The molecular weight excluding hydrogens is 296 g/mol. The molecule has 0 unspecified atom stereocenters. The van der Waals surface area contributed by atoms with Gasteiger partial charge in [0.2, 0.25) is 6.43 Å². The molecule has 122 valence electrons. The molecule has 1 heterocycles. The predicted octanol–water partition coefficient (Wildman–Crippen LogP) is 1.34. The van der Waals surface area contributed by atoms with Crippen LogP contribution < -0.4 is 10.9 Å². The lowest BCUT2D eigenvalue weighted by Crippen LogP contribution is -2.47. The van der Waals surface area contributed by atoms with Crippen molar-refractivity contribution in [2.24, 2.45) is 5.92 Å². The summed E-state index contributed by atoms with van der Waals surface area (Å²) in [5.41, 5.74) is -1.04. The molecule has 1 aliphatic rings. The second-order valence-electron chi connectivity index (χ2n) is 5.54. The molecule has 22 heavy (non-hydrogen) atoms. The Bertz CT molecular complexity index is 568. The van der Waals surface area contributed by atoms with E-state index in [9.17, 15) is 18.4 Å². The molecule has 0 atom stereocenters. The van der Waals surface area contributed by atoms with Gasteiger partial charge in [0.05, 0.1) is 11.9 Å². The van der Waals surface area contributed by atoms with E-state index < -0.39 is 29.4 Å². The van der Waals surface area contributed by atoms with Crippen molar-refractivity contribution in [2.75, 3.05) is 13.7 Å². The molecule has 1 amide bonds. The van der Waals surface area contributed by atoms with Gasteiger partial charge in [0.1, 0.15) is 5.69 Å². The molecule has 1 fully saturated rings. The van der Waals surface area contributed by atoms with Crippen LogP contribution in [0.1, 0.15) is 36.2 Å². The standard InChI is InChI=1S/C14H19F2N3O3/c1-22-14(4-2-9(3-5-14)12(15)16)7-17-13(21)10-6-11(20)19-8-18-10/h6,8-9,12H,2-5,7H2,1H3,(H,17,21)(H,18,19,20). The smallest absolute Gasteiger partial charge is 0.270 e. The van der Waals surface area contributed by atoms with Gasteiger partial charge < -0.3 is 15.0 Å². The molecule has 1 aromatic heterocycles.